The van der Waals surface area contributed by atoms with E-state index in [1.54, 1.807) is 0 Å². The number of aryl methyl sites for hydroxylation is 1. The molecule has 1 aliphatic rings. The molecule has 1 saturated heterocycles. The summed E-state index contributed by atoms with van der Waals surface area (Å²) in [5.41, 5.74) is 1.62. The molecule has 24 heavy (non-hydrogen) atoms. The second-order valence-corrected chi connectivity index (χ2v) is 6.15. The molecule has 8 heteroatoms. The Labute approximate surface area is 138 Å². The Hall–Kier alpha value is -2.77. The maximum atomic E-state index is 12.5. The summed E-state index contributed by atoms with van der Waals surface area (Å²) in [5, 5.41) is 15.8. The van der Waals surface area contributed by atoms with Crippen LogP contribution in [0.15, 0.2) is 24.3 Å². The van der Waals surface area contributed by atoms with E-state index in [1.807, 2.05) is 36.1 Å². The van der Waals surface area contributed by atoms with Crippen LogP contribution in [-0.2, 0) is 11.3 Å². The van der Waals surface area contributed by atoms with E-state index in [0.29, 0.717) is 5.92 Å². The fraction of sp³-hybridized carbons (Fsp3) is 0.438. The van der Waals surface area contributed by atoms with Crippen LogP contribution >= 0.6 is 0 Å². The second-order valence-electron chi connectivity index (χ2n) is 6.15. The van der Waals surface area contributed by atoms with E-state index in [0.717, 1.165) is 48.6 Å². The summed E-state index contributed by atoms with van der Waals surface area (Å²) in [7, 11) is 0. The molecule has 0 aliphatic carbocycles. The van der Waals surface area contributed by atoms with E-state index >= 15 is 0 Å². The molecule has 0 spiro atoms. The van der Waals surface area contributed by atoms with Crippen LogP contribution in [0.2, 0.25) is 0 Å². The van der Waals surface area contributed by atoms with Gasteiger partial charge < -0.3 is 4.90 Å². The Morgan fingerprint density at radius 3 is 2.46 bits per heavy atom. The molecule has 0 atom stereocenters. The van der Waals surface area contributed by atoms with Crippen molar-refractivity contribution in [3.05, 3.63) is 35.9 Å². The number of fused-ring (bicyclic) bond motifs is 1. The number of amides is 1. The third kappa shape index (κ3) is 2.86. The molecule has 2 aromatic heterocycles. The van der Waals surface area contributed by atoms with E-state index in [4.69, 9.17) is 0 Å². The normalized spacial score (nSPS) is 16.0. The number of hydrogen-bond donors (Lipinski definition) is 1. The maximum Gasteiger partial charge on any atom is 0.246 e. The third-order valence-corrected chi connectivity index (χ3v) is 4.43. The summed E-state index contributed by atoms with van der Waals surface area (Å²) in [6.07, 6.45) is 1.77. The fourth-order valence-corrected chi connectivity index (χ4v) is 3.13. The quantitative estimate of drug-likeness (QED) is 0.782. The minimum Gasteiger partial charge on any atom is -0.341 e. The highest BCUT2D eigenvalue weighted by atomic mass is 16.2. The van der Waals surface area contributed by atoms with Crippen molar-refractivity contribution in [1.82, 2.24) is 35.1 Å². The van der Waals surface area contributed by atoms with Crippen LogP contribution in [0, 0.1) is 6.92 Å². The molecule has 4 rings (SSSR count). The zero-order valence-corrected chi connectivity index (χ0v) is 13.5. The molecule has 0 unspecified atom stereocenters. The van der Waals surface area contributed by atoms with Gasteiger partial charge in [0.1, 0.15) is 23.4 Å². The lowest BCUT2D eigenvalue weighted by atomic mass is 9.96. The Kier molecular flexibility index (Phi) is 3.72. The molecule has 1 fully saturated rings. The molecule has 3 heterocycles. The van der Waals surface area contributed by atoms with Gasteiger partial charge >= 0.3 is 0 Å². The average molecular weight is 325 g/mol. The van der Waals surface area contributed by atoms with Gasteiger partial charge in [0.25, 0.3) is 0 Å². The van der Waals surface area contributed by atoms with Crippen LogP contribution < -0.4 is 0 Å². The van der Waals surface area contributed by atoms with Crippen molar-refractivity contribution < 1.29 is 4.79 Å². The van der Waals surface area contributed by atoms with E-state index < -0.39 is 0 Å². The van der Waals surface area contributed by atoms with Crippen molar-refractivity contribution in [2.24, 2.45) is 0 Å². The fourth-order valence-electron chi connectivity index (χ4n) is 3.13. The lowest BCUT2D eigenvalue weighted by molar-refractivity contribution is -0.133. The van der Waals surface area contributed by atoms with Gasteiger partial charge in [-0.15, -0.1) is 0 Å². The van der Waals surface area contributed by atoms with Crippen molar-refractivity contribution in [2.75, 3.05) is 13.1 Å². The average Bonchev–Trinajstić information content (AvgIpc) is 3.20. The van der Waals surface area contributed by atoms with E-state index in [1.165, 1.54) is 4.80 Å². The topological polar surface area (TPSA) is 92.6 Å². The summed E-state index contributed by atoms with van der Waals surface area (Å²) < 4.78 is 0. The van der Waals surface area contributed by atoms with Crippen LogP contribution in [0.25, 0.3) is 11.0 Å². The number of carbonyl (C=O) groups is 1. The predicted octanol–water partition coefficient (Wildman–Crippen LogP) is 1.26. The van der Waals surface area contributed by atoms with Gasteiger partial charge in [0.2, 0.25) is 5.91 Å². The molecule has 0 radical (unpaired) electrons. The van der Waals surface area contributed by atoms with Crippen molar-refractivity contribution in [3.63, 3.8) is 0 Å². The number of hydrogen-bond acceptors (Lipinski definition) is 5. The molecule has 1 N–H and O–H groups in total. The van der Waals surface area contributed by atoms with Crippen molar-refractivity contribution in [2.45, 2.75) is 32.2 Å². The molecule has 1 aliphatic heterocycles. The highest BCUT2D eigenvalue weighted by Crippen LogP contribution is 2.25. The van der Waals surface area contributed by atoms with Gasteiger partial charge in [-0.1, -0.05) is 12.1 Å². The van der Waals surface area contributed by atoms with Crippen molar-refractivity contribution >= 4 is 16.9 Å². The molecule has 1 amide bonds. The first-order valence-electron chi connectivity index (χ1n) is 8.15. The number of benzene rings is 1. The number of aromatic nitrogens is 6. The standard InChI is InChI=1S/C16H19N7O/c1-11-17-16(19-18-11)12-6-8-22(9-7-12)15(24)10-23-20-13-4-2-3-5-14(13)21-23/h2-5,12H,6-10H2,1H3,(H,17,18,19). The highest BCUT2D eigenvalue weighted by Gasteiger charge is 2.26. The lowest BCUT2D eigenvalue weighted by Crippen LogP contribution is -2.40. The summed E-state index contributed by atoms with van der Waals surface area (Å²) in [5.74, 6) is 2.07. The number of aromatic amines is 1. The smallest absolute Gasteiger partial charge is 0.246 e. The largest absolute Gasteiger partial charge is 0.341 e. The number of likely N-dealkylation sites (tertiary alicyclic amines) is 1. The van der Waals surface area contributed by atoms with Gasteiger partial charge in [-0.05, 0) is 31.9 Å². The molecule has 124 valence electrons. The predicted molar refractivity (Wildman–Crippen MR) is 87.2 cm³/mol. The number of nitrogens with one attached hydrogen (secondary N) is 1. The number of carbonyl (C=O) groups excluding carboxylic acids is 1. The third-order valence-electron chi connectivity index (χ3n) is 4.43. The molecule has 8 nitrogen and oxygen atoms in total. The minimum absolute atomic E-state index is 0.0555. The van der Waals surface area contributed by atoms with Gasteiger partial charge in [0, 0.05) is 19.0 Å². The van der Waals surface area contributed by atoms with Crippen LogP contribution in [0.5, 0.6) is 0 Å². The summed E-state index contributed by atoms with van der Waals surface area (Å²) in [6, 6.07) is 7.62. The molecular formula is C16H19N7O. The Balaban J connectivity index is 1.37. The SMILES string of the molecule is Cc1nc(C2CCN(C(=O)Cn3nc4ccccc4n3)CC2)n[nH]1. The Bertz CT molecular complexity index is 827. The van der Waals surface area contributed by atoms with Crippen LogP contribution in [0.1, 0.15) is 30.4 Å². The van der Waals surface area contributed by atoms with E-state index in [-0.39, 0.29) is 12.5 Å². The van der Waals surface area contributed by atoms with Gasteiger partial charge in [-0.2, -0.15) is 20.1 Å². The van der Waals surface area contributed by atoms with Crippen LogP contribution in [-0.4, -0.2) is 54.1 Å². The molecule has 0 saturated carbocycles. The van der Waals surface area contributed by atoms with Gasteiger partial charge in [-0.3, -0.25) is 9.89 Å². The molecule has 3 aromatic rings. The zero-order chi connectivity index (χ0) is 16.5. The first-order chi connectivity index (χ1) is 11.7. The Morgan fingerprint density at radius 2 is 1.88 bits per heavy atom. The minimum atomic E-state index is 0.0555. The van der Waals surface area contributed by atoms with E-state index in [2.05, 4.69) is 25.4 Å². The monoisotopic (exact) mass is 325 g/mol. The number of piperidine rings is 1. The summed E-state index contributed by atoms with van der Waals surface area (Å²) in [6.45, 7) is 3.52. The van der Waals surface area contributed by atoms with Gasteiger partial charge in [-0.25, -0.2) is 4.98 Å². The number of nitrogens with zero attached hydrogens (tertiary/aromatic N) is 6. The first kappa shape index (κ1) is 14.8. The van der Waals surface area contributed by atoms with Gasteiger partial charge in [0.05, 0.1) is 0 Å². The van der Waals surface area contributed by atoms with E-state index in [9.17, 15) is 4.79 Å². The zero-order valence-electron chi connectivity index (χ0n) is 13.5. The summed E-state index contributed by atoms with van der Waals surface area (Å²) in [4.78, 5) is 20.2. The van der Waals surface area contributed by atoms with Crippen molar-refractivity contribution in [3.8, 4) is 0 Å². The second kappa shape index (κ2) is 6.03. The number of H-pyrrole nitrogens is 1. The molecule has 1 aromatic carbocycles. The van der Waals surface area contributed by atoms with Crippen LogP contribution in [0.4, 0.5) is 0 Å². The maximum absolute atomic E-state index is 12.5. The van der Waals surface area contributed by atoms with Crippen molar-refractivity contribution in [1.29, 1.82) is 0 Å². The van der Waals surface area contributed by atoms with Crippen LogP contribution in [0.3, 0.4) is 0 Å². The van der Waals surface area contributed by atoms with Gasteiger partial charge in [0.15, 0.2) is 5.82 Å². The lowest BCUT2D eigenvalue weighted by Gasteiger charge is -2.30. The molecule has 0 bridgehead atoms. The molecular weight excluding hydrogens is 306 g/mol. The first-order valence-corrected chi connectivity index (χ1v) is 8.15. The summed E-state index contributed by atoms with van der Waals surface area (Å²) >= 11 is 0. The number of rotatable bonds is 3. The highest BCUT2D eigenvalue weighted by molar-refractivity contribution is 5.77. The Morgan fingerprint density at radius 1 is 1.21 bits per heavy atom.